The third kappa shape index (κ3) is 4.13. The molecule has 2 atom stereocenters. The molecule has 1 aromatic rings. The summed E-state index contributed by atoms with van der Waals surface area (Å²) in [7, 11) is -1.68. The highest BCUT2D eigenvalue weighted by Crippen LogP contribution is 2.15. The smallest absolute Gasteiger partial charge is 0.236 e. The van der Waals surface area contributed by atoms with E-state index in [4.69, 9.17) is 0 Å². The second kappa shape index (κ2) is 7.38. The van der Waals surface area contributed by atoms with Gasteiger partial charge in [-0.25, -0.2) is 4.39 Å². The molecule has 0 bridgehead atoms. The highest BCUT2D eigenvalue weighted by Gasteiger charge is 2.24. The van der Waals surface area contributed by atoms with Gasteiger partial charge in [0.2, 0.25) is 5.91 Å². The summed E-state index contributed by atoms with van der Waals surface area (Å²) in [5.41, 5.74) is 0. The molecular weight excluding hydrogens is 265 g/mol. The molecule has 1 N–H and O–H groups in total. The first-order valence-electron chi connectivity index (χ1n) is 6.46. The third-order valence-electron chi connectivity index (χ3n) is 3.08. The fourth-order valence-corrected chi connectivity index (χ4v) is 2.82. The molecule has 1 rings (SSSR count). The number of benzene rings is 1. The van der Waals surface area contributed by atoms with Crippen LogP contribution in [0.1, 0.15) is 33.6 Å². The van der Waals surface area contributed by atoms with Gasteiger partial charge in [-0.1, -0.05) is 26.0 Å². The average Bonchev–Trinajstić information content (AvgIpc) is 2.43. The van der Waals surface area contributed by atoms with Crippen LogP contribution in [0.25, 0.3) is 0 Å². The lowest BCUT2D eigenvalue weighted by molar-refractivity contribution is -0.121. The minimum Gasteiger partial charge on any atom is -0.352 e. The first kappa shape index (κ1) is 15.8. The summed E-state index contributed by atoms with van der Waals surface area (Å²) in [6.07, 6.45) is 1.64. The number of nitrogens with one attached hydrogen (secondary N) is 1. The molecule has 0 heterocycles. The predicted octanol–water partition coefficient (Wildman–Crippen LogP) is 2.63. The molecule has 3 nitrogen and oxygen atoms in total. The van der Waals surface area contributed by atoms with Crippen LogP contribution in [0.2, 0.25) is 0 Å². The van der Waals surface area contributed by atoms with Crippen LogP contribution in [0.5, 0.6) is 0 Å². The van der Waals surface area contributed by atoms with Gasteiger partial charge in [0.05, 0.1) is 15.7 Å². The van der Waals surface area contributed by atoms with Crippen molar-refractivity contribution in [2.75, 3.05) is 0 Å². The van der Waals surface area contributed by atoms with E-state index in [-0.39, 0.29) is 16.8 Å². The Morgan fingerprint density at radius 3 is 2.42 bits per heavy atom. The van der Waals surface area contributed by atoms with Gasteiger partial charge in [0, 0.05) is 6.04 Å². The van der Waals surface area contributed by atoms with Crippen LogP contribution in [0.3, 0.4) is 0 Å². The monoisotopic (exact) mass is 285 g/mol. The quantitative estimate of drug-likeness (QED) is 0.873. The molecule has 0 saturated heterocycles. The zero-order chi connectivity index (χ0) is 14.4. The highest BCUT2D eigenvalue weighted by molar-refractivity contribution is 7.86. The van der Waals surface area contributed by atoms with Crippen LogP contribution in [0.15, 0.2) is 29.2 Å². The number of carbonyl (C=O) groups is 1. The molecule has 5 heteroatoms. The van der Waals surface area contributed by atoms with Crippen molar-refractivity contribution in [2.24, 2.45) is 0 Å². The minimum absolute atomic E-state index is 0.0765. The number of hydrogen-bond acceptors (Lipinski definition) is 2. The van der Waals surface area contributed by atoms with Crippen molar-refractivity contribution in [3.8, 4) is 0 Å². The fourth-order valence-electron chi connectivity index (χ4n) is 1.71. The van der Waals surface area contributed by atoms with E-state index in [2.05, 4.69) is 5.32 Å². The van der Waals surface area contributed by atoms with E-state index in [9.17, 15) is 13.4 Å². The summed E-state index contributed by atoms with van der Waals surface area (Å²) in [5.74, 6) is -0.835. The van der Waals surface area contributed by atoms with E-state index < -0.39 is 21.9 Å². The molecular formula is C14H20FNO2S. The zero-order valence-electron chi connectivity index (χ0n) is 11.5. The second-order valence-electron chi connectivity index (χ2n) is 4.39. The first-order valence-corrected chi connectivity index (χ1v) is 7.68. The minimum atomic E-state index is -1.68. The van der Waals surface area contributed by atoms with Gasteiger partial charge in [-0.2, -0.15) is 0 Å². The molecule has 0 aromatic heterocycles. The van der Waals surface area contributed by atoms with E-state index in [1.54, 1.807) is 13.0 Å². The number of amides is 1. The van der Waals surface area contributed by atoms with Crippen LogP contribution in [0.4, 0.5) is 4.39 Å². The molecule has 0 saturated carbocycles. The van der Waals surface area contributed by atoms with Crippen molar-refractivity contribution >= 4 is 16.7 Å². The van der Waals surface area contributed by atoms with E-state index >= 15 is 0 Å². The number of hydrogen-bond donors (Lipinski definition) is 1. The van der Waals surface area contributed by atoms with Gasteiger partial charge in [-0.15, -0.1) is 0 Å². The largest absolute Gasteiger partial charge is 0.352 e. The summed E-state index contributed by atoms with van der Waals surface area (Å²) in [4.78, 5) is 12.0. The van der Waals surface area contributed by atoms with Crippen molar-refractivity contribution in [1.29, 1.82) is 0 Å². The molecule has 1 amide bonds. The maximum atomic E-state index is 13.5. The molecule has 0 spiro atoms. The van der Waals surface area contributed by atoms with E-state index in [1.165, 1.54) is 18.2 Å². The maximum absolute atomic E-state index is 13.5. The van der Waals surface area contributed by atoms with Gasteiger partial charge in [-0.05, 0) is 31.9 Å². The number of carbonyl (C=O) groups excluding carboxylic acids is 1. The summed E-state index contributed by atoms with van der Waals surface area (Å²) >= 11 is 0. The van der Waals surface area contributed by atoms with Crippen LogP contribution >= 0.6 is 0 Å². The molecule has 106 valence electrons. The molecule has 0 radical (unpaired) electrons. The first-order chi connectivity index (χ1) is 9.01. The Morgan fingerprint density at radius 1 is 1.32 bits per heavy atom. The Bertz CT molecular complexity index is 461. The highest BCUT2D eigenvalue weighted by atomic mass is 32.2. The Hall–Kier alpha value is -1.23. The standard InChI is InChI=1S/C14H20FNO2S/c1-4-11(5-2)16-14(17)10(3)19(18)13-9-7-6-8-12(13)15/h6-11H,4-5H2,1-3H3,(H,16,17). The van der Waals surface area contributed by atoms with Crippen molar-refractivity contribution in [2.45, 2.75) is 49.8 Å². The van der Waals surface area contributed by atoms with Crippen molar-refractivity contribution < 1.29 is 13.4 Å². The SMILES string of the molecule is CCC(CC)NC(=O)C(C)S(=O)c1ccccc1F. The predicted molar refractivity (Wildman–Crippen MR) is 74.8 cm³/mol. The summed E-state index contributed by atoms with van der Waals surface area (Å²) in [6, 6.07) is 5.92. The summed E-state index contributed by atoms with van der Waals surface area (Å²) in [6.45, 7) is 5.51. The van der Waals surface area contributed by atoms with Gasteiger partial charge in [0.15, 0.2) is 0 Å². The zero-order valence-corrected chi connectivity index (χ0v) is 12.3. The van der Waals surface area contributed by atoms with Gasteiger partial charge in [0.25, 0.3) is 0 Å². The Morgan fingerprint density at radius 2 is 1.89 bits per heavy atom. The molecule has 0 fully saturated rings. The van der Waals surface area contributed by atoms with Crippen LogP contribution in [-0.2, 0) is 15.6 Å². The van der Waals surface area contributed by atoms with Crippen molar-refractivity contribution in [1.82, 2.24) is 5.32 Å². The molecule has 2 unspecified atom stereocenters. The molecule has 1 aromatic carbocycles. The summed E-state index contributed by atoms with van der Waals surface area (Å²) in [5, 5.41) is 2.07. The third-order valence-corrected chi connectivity index (χ3v) is 4.70. The van der Waals surface area contributed by atoms with Crippen molar-refractivity contribution in [3.63, 3.8) is 0 Å². The Balaban J connectivity index is 2.77. The van der Waals surface area contributed by atoms with Crippen molar-refractivity contribution in [3.05, 3.63) is 30.1 Å². The van der Waals surface area contributed by atoms with Gasteiger partial charge < -0.3 is 5.32 Å². The normalized spacial score (nSPS) is 14.2. The molecule has 19 heavy (non-hydrogen) atoms. The lowest BCUT2D eigenvalue weighted by atomic mass is 10.2. The Kier molecular flexibility index (Phi) is 6.15. The lowest BCUT2D eigenvalue weighted by Gasteiger charge is -2.18. The van der Waals surface area contributed by atoms with Gasteiger partial charge >= 0.3 is 0 Å². The van der Waals surface area contributed by atoms with Crippen LogP contribution in [0, 0.1) is 5.82 Å². The Labute approximate surface area is 116 Å². The van der Waals surface area contributed by atoms with E-state index in [0.29, 0.717) is 0 Å². The van der Waals surface area contributed by atoms with Crippen LogP contribution in [-0.4, -0.2) is 21.4 Å². The van der Waals surface area contributed by atoms with Gasteiger partial charge in [-0.3, -0.25) is 9.00 Å². The second-order valence-corrected chi connectivity index (χ2v) is 6.13. The maximum Gasteiger partial charge on any atom is 0.236 e. The fraction of sp³-hybridized carbons (Fsp3) is 0.500. The van der Waals surface area contributed by atoms with E-state index in [0.717, 1.165) is 12.8 Å². The summed E-state index contributed by atoms with van der Waals surface area (Å²) < 4.78 is 25.7. The molecule has 0 aliphatic heterocycles. The van der Waals surface area contributed by atoms with Gasteiger partial charge in [0.1, 0.15) is 11.1 Å². The molecule has 0 aliphatic rings. The average molecular weight is 285 g/mol. The number of halogens is 1. The lowest BCUT2D eigenvalue weighted by Crippen LogP contribution is -2.41. The van der Waals surface area contributed by atoms with E-state index in [1.807, 2.05) is 13.8 Å². The topological polar surface area (TPSA) is 46.2 Å². The van der Waals surface area contributed by atoms with Crippen LogP contribution < -0.4 is 5.32 Å². The molecule has 0 aliphatic carbocycles. The number of rotatable bonds is 6.